The molecule has 0 nitrogen and oxygen atoms in total. The van der Waals surface area contributed by atoms with Gasteiger partial charge < -0.3 is 0 Å². The first-order chi connectivity index (χ1) is 10.9. The molecular weight excluding hydrogens is 296 g/mol. The van der Waals surface area contributed by atoms with Crippen LogP contribution in [-0.4, -0.2) is 18.3 Å². The third-order valence-corrected chi connectivity index (χ3v) is 8.91. The highest BCUT2D eigenvalue weighted by Gasteiger charge is 2.37. The molecular formula is C20H18Si2. The molecule has 0 fully saturated rings. The Balaban J connectivity index is 2.36. The van der Waals surface area contributed by atoms with E-state index in [1.165, 1.54) is 15.6 Å². The van der Waals surface area contributed by atoms with Crippen molar-refractivity contribution in [3.05, 3.63) is 91.0 Å². The Hall–Kier alpha value is -2.35. The highest BCUT2D eigenvalue weighted by atomic mass is 28.3. The summed E-state index contributed by atoms with van der Waals surface area (Å²) in [6.45, 7) is 0. The summed E-state index contributed by atoms with van der Waals surface area (Å²) in [4.78, 5) is 0. The summed E-state index contributed by atoms with van der Waals surface area (Å²) >= 11 is 0. The molecule has 3 aromatic carbocycles. The van der Waals surface area contributed by atoms with Crippen LogP contribution in [0, 0.1) is 11.1 Å². The van der Waals surface area contributed by atoms with E-state index in [1.807, 2.05) is 0 Å². The third-order valence-electron chi connectivity index (χ3n) is 3.93. The monoisotopic (exact) mass is 314 g/mol. The minimum absolute atomic E-state index is 0.897. The zero-order valence-electron chi connectivity index (χ0n) is 12.7. The maximum Gasteiger partial charge on any atom is 0.228 e. The van der Waals surface area contributed by atoms with Gasteiger partial charge in [0.2, 0.25) is 8.07 Å². The number of benzene rings is 3. The first-order valence-electron chi connectivity index (χ1n) is 7.48. The zero-order chi connectivity index (χ0) is 15.3. The molecule has 0 atom stereocenters. The lowest BCUT2D eigenvalue weighted by atomic mass is 10.3. The van der Waals surface area contributed by atoms with E-state index in [9.17, 15) is 0 Å². The normalized spacial score (nSPS) is 10.7. The molecule has 0 radical (unpaired) electrons. The predicted octanol–water partition coefficient (Wildman–Crippen LogP) is 1.02. The van der Waals surface area contributed by atoms with Crippen LogP contribution in [0.4, 0.5) is 0 Å². The average molecular weight is 315 g/mol. The van der Waals surface area contributed by atoms with E-state index in [1.54, 1.807) is 0 Å². The van der Waals surface area contributed by atoms with Crippen LogP contribution in [0.3, 0.4) is 0 Å². The summed E-state index contributed by atoms with van der Waals surface area (Å²) in [6, 6.07) is 32.4. The zero-order valence-corrected chi connectivity index (χ0v) is 15.7. The van der Waals surface area contributed by atoms with Crippen LogP contribution >= 0.6 is 0 Å². The fraction of sp³-hybridized carbons (Fsp3) is 0. The van der Waals surface area contributed by atoms with Crippen molar-refractivity contribution < 1.29 is 0 Å². The molecule has 2 heteroatoms. The van der Waals surface area contributed by atoms with Crippen LogP contribution < -0.4 is 15.6 Å². The second kappa shape index (κ2) is 6.61. The second-order valence-corrected chi connectivity index (χ2v) is 9.21. The van der Waals surface area contributed by atoms with E-state index in [2.05, 4.69) is 102 Å². The second-order valence-electron chi connectivity index (χ2n) is 5.22. The van der Waals surface area contributed by atoms with E-state index in [4.69, 9.17) is 0 Å². The van der Waals surface area contributed by atoms with Gasteiger partial charge in [0, 0.05) is 0 Å². The van der Waals surface area contributed by atoms with Crippen LogP contribution in [0.25, 0.3) is 0 Å². The van der Waals surface area contributed by atoms with E-state index in [-0.39, 0.29) is 0 Å². The van der Waals surface area contributed by atoms with Crippen LogP contribution in [0.15, 0.2) is 91.0 Å². The summed E-state index contributed by atoms with van der Waals surface area (Å²) in [5.41, 5.74) is 7.05. The Kier molecular flexibility index (Phi) is 4.38. The molecule has 0 bridgehead atoms. The van der Waals surface area contributed by atoms with Gasteiger partial charge in [-0.1, -0.05) is 91.0 Å². The molecule has 106 valence electrons. The van der Waals surface area contributed by atoms with Gasteiger partial charge in [0.15, 0.2) is 0 Å². The number of hydrogen-bond donors (Lipinski definition) is 0. The van der Waals surface area contributed by atoms with Crippen molar-refractivity contribution in [2.45, 2.75) is 0 Å². The van der Waals surface area contributed by atoms with Gasteiger partial charge in [-0.3, -0.25) is 0 Å². The van der Waals surface area contributed by atoms with Crippen molar-refractivity contribution in [2.24, 2.45) is 0 Å². The SMILES string of the molecule is [SiH3]C#C[Si](c1ccccc1)(c1ccccc1)c1ccccc1. The van der Waals surface area contributed by atoms with Gasteiger partial charge in [0.25, 0.3) is 0 Å². The molecule has 0 amide bonds. The number of rotatable bonds is 3. The Labute approximate surface area is 136 Å². The highest BCUT2D eigenvalue weighted by molar-refractivity contribution is 7.17. The summed E-state index contributed by atoms with van der Waals surface area (Å²) in [6.07, 6.45) is 0. The summed E-state index contributed by atoms with van der Waals surface area (Å²) < 4.78 is 0. The van der Waals surface area contributed by atoms with Gasteiger partial charge in [0.1, 0.15) is 0 Å². The molecule has 3 aromatic rings. The summed E-state index contributed by atoms with van der Waals surface area (Å²) in [7, 11) is -1.35. The molecule has 0 aliphatic carbocycles. The van der Waals surface area contributed by atoms with Crippen LogP contribution in [0.5, 0.6) is 0 Å². The van der Waals surface area contributed by atoms with Crippen LogP contribution in [0.2, 0.25) is 0 Å². The number of hydrogen-bond acceptors (Lipinski definition) is 0. The molecule has 0 saturated heterocycles. The van der Waals surface area contributed by atoms with Crippen molar-refractivity contribution in [1.29, 1.82) is 0 Å². The van der Waals surface area contributed by atoms with E-state index in [0.29, 0.717) is 0 Å². The molecule has 0 unspecified atom stereocenters. The van der Waals surface area contributed by atoms with Crippen molar-refractivity contribution in [3.8, 4) is 11.1 Å². The molecule has 22 heavy (non-hydrogen) atoms. The van der Waals surface area contributed by atoms with Gasteiger partial charge >= 0.3 is 0 Å². The Bertz CT molecular complexity index is 688. The summed E-state index contributed by atoms with van der Waals surface area (Å²) in [5.74, 6) is 0. The Morgan fingerprint density at radius 1 is 0.545 bits per heavy atom. The van der Waals surface area contributed by atoms with Crippen molar-refractivity contribution in [3.63, 3.8) is 0 Å². The van der Waals surface area contributed by atoms with Gasteiger partial charge in [0.05, 0.1) is 10.2 Å². The minimum atomic E-state index is -2.25. The van der Waals surface area contributed by atoms with Gasteiger partial charge in [-0.25, -0.2) is 0 Å². The lowest BCUT2D eigenvalue weighted by Crippen LogP contribution is -2.66. The average Bonchev–Trinajstić information content (AvgIpc) is 2.62. The lowest BCUT2D eigenvalue weighted by molar-refractivity contribution is 1.69. The molecule has 0 saturated carbocycles. The molecule has 0 heterocycles. The fourth-order valence-electron chi connectivity index (χ4n) is 2.97. The smallest absolute Gasteiger partial charge is 0.149 e. The largest absolute Gasteiger partial charge is 0.228 e. The fourth-order valence-corrected chi connectivity index (χ4v) is 7.98. The molecule has 3 rings (SSSR count). The van der Waals surface area contributed by atoms with E-state index in [0.717, 1.165) is 10.2 Å². The molecule has 0 spiro atoms. The molecule has 0 aliphatic rings. The Morgan fingerprint density at radius 3 is 1.14 bits per heavy atom. The molecule has 0 N–H and O–H groups in total. The van der Waals surface area contributed by atoms with Crippen LogP contribution in [-0.2, 0) is 0 Å². The molecule has 0 aromatic heterocycles. The van der Waals surface area contributed by atoms with Gasteiger partial charge in [-0.05, 0) is 15.6 Å². The predicted molar refractivity (Wildman–Crippen MR) is 102 cm³/mol. The highest BCUT2D eigenvalue weighted by Crippen LogP contribution is 2.06. The quantitative estimate of drug-likeness (QED) is 0.385. The van der Waals surface area contributed by atoms with Crippen molar-refractivity contribution in [2.75, 3.05) is 0 Å². The van der Waals surface area contributed by atoms with Gasteiger partial charge in [-0.15, -0.1) is 11.1 Å². The van der Waals surface area contributed by atoms with Crippen LogP contribution in [0.1, 0.15) is 0 Å². The lowest BCUT2D eigenvalue weighted by Gasteiger charge is -2.28. The Morgan fingerprint density at radius 2 is 0.864 bits per heavy atom. The maximum absolute atomic E-state index is 3.70. The minimum Gasteiger partial charge on any atom is -0.149 e. The first kappa shape index (κ1) is 14.6. The van der Waals surface area contributed by atoms with Crippen molar-refractivity contribution >= 4 is 33.9 Å². The van der Waals surface area contributed by atoms with Gasteiger partial charge in [-0.2, -0.15) is 0 Å². The van der Waals surface area contributed by atoms with Crippen molar-refractivity contribution in [1.82, 2.24) is 0 Å². The topological polar surface area (TPSA) is 0 Å². The van der Waals surface area contributed by atoms with E-state index < -0.39 is 8.07 Å². The summed E-state index contributed by atoms with van der Waals surface area (Å²) in [5, 5.41) is 4.07. The maximum atomic E-state index is 3.70. The first-order valence-corrected chi connectivity index (χ1v) is 10.5. The molecule has 0 aliphatic heterocycles. The third kappa shape index (κ3) is 2.57. The standard InChI is InChI=1S/C20H18Si2/c21-16-17-22(18-10-4-1-5-11-18,19-12-6-2-7-13-19)20-14-8-3-9-15-20/h1-15H,21H3. The van der Waals surface area contributed by atoms with E-state index >= 15 is 0 Å².